The zero-order chi connectivity index (χ0) is 17.5. The number of carbonyl (C=O) groups is 1. The van der Waals surface area contributed by atoms with Crippen LogP contribution in [-0.4, -0.2) is 35.6 Å². The molecule has 132 valence electrons. The van der Waals surface area contributed by atoms with E-state index in [2.05, 4.69) is 34.2 Å². The molecule has 5 nitrogen and oxygen atoms in total. The molecule has 0 unspecified atom stereocenters. The molecular formula is C21H21N3O2. The third-order valence-corrected chi connectivity index (χ3v) is 5.48. The Morgan fingerprint density at radius 2 is 2.04 bits per heavy atom. The molecule has 1 N–H and O–H groups in total. The maximum Gasteiger partial charge on any atom is 0.233 e. The molecule has 1 saturated heterocycles. The number of nitrogens with zero attached hydrogens (tertiary/aromatic N) is 2. The summed E-state index contributed by atoms with van der Waals surface area (Å²) in [7, 11) is 0. The van der Waals surface area contributed by atoms with Crippen molar-refractivity contribution >= 4 is 22.5 Å². The van der Waals surface area contributed by atoms with Gasteiger partial charge in [0.15, 0.2) is 0 Å². The van der Waals surface area contributed by atoms with E-state index in [1.165, 1.54) is 5.39 Å². The molecule has 0 saturated carbocycles. The van der Waals surface area contributed by atoms with Gasteiger partial charge >= 0.3 is 0 Å². The van der Waals surface area contributed by atoms with Crippen molar-refractivity contribution in [1.29, 1.82) is 0 Å². The molecule has 5 heteroatoms. The summed E-state index contributed by atoms with van der Waals surface area (Å²) in [5.41, 5.74) is 5.02. The van der Waals surface area contributed by atoms with Gasteiger partial charge < -0.3 is 14.6 Å². The van der Waals surface area contributed by atoms with Gasteiger partial charge in [-0.15, -0.1) is 0 Å². The predicted octanol–water partition coefficient (Wildman–Crippen LogP) is 3.55. The van der Waals surface area contributed by atoms with Crippen molar-refractivity contribution in [2.24, 2.45) is 5.92 Å². The smallest absolute Gasteiger partial charge is 0.233 e. The Kier molecular flexibility index (Phi) is 3.75. The largest absolute Gasteiger partial charge is 0.381 e. The summed E-state index contributed by atoms with van der Waals surface area (Å²) in [5, 5.41) is 1.18. The maximum absolute atomic E-state index is 12.5. The average molecular weight is 347 g/mol. The summed E-state index contributed by atoms with van der Waals surface area (Å²) in [6.45, 7) is 2.37. The molecule has 3 aromatic rings. The zero-order valence-corrected chi connectivity index (χ0v) is 14.6. The van der Waals surface area contributed by atoms with Gasteiger partial charge in [-0.3, -0.25) is 9.78 Å². The summed E-state index contributed by atoms with van der Waals surface area (Å²) >= 11 is 0. The van der Waals surface area contributed by atoms with Crippen LogP contribution in [0.1, 0.15) is 18.5 Å². The number of hydrogen-bond acceptors (Lipinski definition) is 3. The molecule has 2 aliphatic rings. The number of aromatic amines is 1. The van der Waals surface area contributed by atoms with Gasteiger partial charge in [-0.05, 0) is 37.0 Å². The normalized spacial score (nSPS) is 17.8. The van der Waals surface area contributed by atoms with Crippen LogP contribution in [-0.2, 0) is 16.0 Å². The fraction of sp³-hybridized carbons (Fsp3) is 0.333. The summed E-state index contributed by atoms with van der Waals surface area (Å²) in [4.78, 5) is 22.5. The van der Waals surface area contributed by atoms with E-state index in [0.717, 1.165) is 60.8 Å². The molecule has 5 rings (SSSR count). The number of nitrogens with one attached hydrogen (secondary N) is 1. The van der Waals surface area contributed by atoms with Gasteiger partial charge in [0, 0.05) is 48.1 Å². The third kappa shape index (κ3) is 2.69. The minimum atomic E-state index is 0.160. The van der Waals surface area contributed by atoms with Gasteiger partial charge in [0.1, 0.15) is 0 Å². The Morgan fingerprint density at radius 1 is 1.19 bits per heavy atom. The number of anilines is 1. The Hall–Kier alpha value is -2.66. The van der Waals surface area contributed by atoms with E-state index < -0.39 is 0 Å². The molecule has 2 aromatic heterocycles. The molecule has 0 radical (unpaired) electrons. The molecule has 1 amide bonds. The van der Waals surface area contributed by atoms with Crippen LogP contribution in [0.5, 0.6) is 0 Å². The minimum Gasteiger partial charge on any atom is -0.381 e. The Morgan fingerprint density at radius 3 is 2.88 bits per heavy atom. The quantitative estimate of drug-likeness (QED) is 0.788. The van der Waals surface area contributed by atoms with E-state index in [9.17, 15) is 4.79 Å². The molecule has 0 atom stereocenters. The van der Waals surface area contributed by atoms with E-state index in [0.29, 0.717) is 12.3 Å². The van der Waals surface area contributed by atoms with Crippen LogP contribution < -0.4 is 4.90 Å². The van der Waals surface area contributed by atoms with E-state index in [1.807, 2.05) is 23.2 Å². The molecule has 4 heterocycles. The van der Waals surface area contributed by atoms with Crippen molar-refractivity contribution in [1.82, 2.24) is 9.97 Å². The highest BCUT2D eigenvalue weighted by molar-refractivity contribution is 6.01. The van der Waals surface area contributed by atoms with Crippen molar-refractivity contribution < 1.29 is 9.53 Å². The van der Waals surface area contributed by atoms with Crippen LogP contribution in [0.15, 0.2) is 42.6 Å². The van der Waals surface area contributed by atoms with Crippen LogP contribution in [0, 0.1) is 5.92 Å². The number of para-hydroxylation sites is 1. The van der Waals surface area contributed by atoms with Gasteiger partial charge in [0.25, 0.3) is 0 Å². The van der Waals surface area contributed by atoms with E-state index in [4.69, 9.17) is 4.74 Å². The van der Waals surface area contributed by atoms with Crippen LogP contribution in [0.4, 0.5) is 5.69 Å². The van der Waals surface area contributed by atoms with E-state index >= 15 is 0 Å². The van der Waals surface area contributed by atoms with Gasteiger partial charge in [0.05, 0.1) is 17.8 Å². The molecule has 0 aliphatic carbocycles. The average Bonchev–Trinajstić information content (AvgIpc) is 3.24. The molecule has 1 aromatic carbocycles. The van der Waals surface area contributed by atoms with Crippen molar-refractivity contribution in [3.63, 3.8) is 0 Å². The van der Waals surface area contributed by atoms with Crippen molar-refractivity contribution in [3.8, 4) is 11.3 Å². The number of pyridine rings is 1. The van der Waals surface area contributed by atoms with E-state index in [1.54, 1.807) is 0 Å². The lowest BCUT2D eigenvalue weighted by molar-refractivity contribution is -0.117. The van der Waals surface area contributed by atoms with Gasteiger partial charge in [-0.1, -0.05) is 18.2 Å². The first kappa shape index (κ1) is 15.6. The number of benzene rings is 1. The van der Waals surface area contributed by atoms with Crippen molar-refractivity contribution in [2.45, 2.75) is 19.3 Å². The third-order valence-electron chi connectivity index (χ3n) is 5.48. The first-order valence-electron chi connectivity index (χ1n) is 9.23. The number of carbonyl (C=O) groups excluding carboxylic acids is 1. The lowest BCUT2D eigenvalue weighted by Crippen LogP contribution is -2.34. The van der Waals surface area contributed by atoms with Gasteiger partial charge in [0.2, 0.25) is 5.91 Å². The van der Waals surface area contributed by atoms with Crippen LogP contribution in [0.2, 0.25) is 0 Å². The fourth-order valence-corrected chi connectivity index (χ4v) is 3.99. The van der Waals surface area contributed by atoms with Gasteiger partial charge in [-0.25, -0.2) is 0 Å². The number of hydrogen-bond donors (Lipinski definition) is 1. The Balaban J connectivity index is 1.48. The molecule has 1 fully saturated rings. The number of rotatable bonds is 3. The zero-order valence-electron chi connectivity index (χ0n) is 14.6. The lowest BCUT2D eigenvalue weighted by Gasteiger charge is -2.27. The standard InChI is InChI=1S/C21H21N3O2/c25-21-11-19-20(24(21)13-14-5-7-26-8-6-14)10-16(12-22-19)18-9-15-3-1-2-4-17(15)23-18/h1-4,9-10,12,14,23H,5-8,11,13H2. The topological polar surface area (TPSA) is 58.2 Å². The van der Waals surface area contributed by atoms with Crippen molar-refractivity contribution in [3.05, 3.63) is 48.3 Å². The molecule has 0 bridgehead atoms. The van der Waals surface area contributed by atoms with Crippen LogP contribution >= 0.6 is 0 Å². The van der Waals surface area contributed by atoms with Crippen LogP contribution in [0.3, 0.4) is 0 Å². The highest BCUT2D eigenvalue weighted by Gasteiger charge is 2.31. The minimum absolute atomic E-state index is 0.160. The van der Waals surface area contributed by atoms with Gasteiger partial charge in [-0.2, -0.15) is 0 Å². The SMILES string of the molecule is O=C1Cc2ncc(-c3cc4ccccc4[nH]3)cc2N1CC1CCOCC1. The number of aromatic nitrogens is 2. The summed E-state index contributed by atoms with van der Waals surface area (Å²) < 4.78 is 5.45. The maximum atomic E-state index is 12.5. The molecule has 0 spiro atoms. The lowest BCUT2D eigenvalue weighted by atomic mass is 9.99. The number of amides is 1. The Bertz CT molecular complexity index is 939. The second kappa shape index (κ2) is 6.25. The summed E-state index contributed by atoms with van der Waals surface area (Å²) in [6, 6.07) is 12.5. The summed E-state index contributed by atoms with van der Waals surface area (Å²) in [5.74, 6) is 0.670. The highest BCUT2D eigenvalue weighted by Crippen LogP contribution is 2.34. The summed E-state index contributed by atoms with van der Waals surface area (Å²) in [6.07, 6.45) is 4.32. The molecule has 2 aliphatic heterocycles. The number of fused-ring (bicyclic) bond motifs is 2. The monoisotopic (exact) mass is 347 g/mol. The van der Waals surface area contributed by atoms with Crippen LogP contribution in [0.25, 0.3) is 22.2 Å². The second-order valence-electron chi connectivity index (χ2n) is 7.20. The van der Waals surface area contributed by atoms with Crippen molar-refractivity contribution in [2.75, 3.05) is 24.7 Å². The molecular weight excluding hydrogens is 326 g/mol. The molecule has 26 heavy (non-hydrogen) atoms. The first-order chi connectivity index (χ1) is 12.8. The second-order valence-corrected chi connectivity index (χ2v) is 7.20. The first-order valence-corrected chi connectivity index (χ1v) is 9.23. The number of H-pyrrole nitrogens is 1. The Labute approximate surface area is 152 Å². The number of ether oxygens (including phenoxy) is 1. The predicted molar refractivity (Wildman–Crippen MR) is 101 cm³/mol. The fourth-order valence-electron chi connectivity index (χ4n) is 3.99. The highest BCUT2D eigenvalue weighted by atomic mass is 16.5. The van der Waals surface area contributed by atoms with E-state index in [-0.39, 0.29) is 5.91 Å².